The minimum atomic E-state index is -0.168. The predicted octanol–water partition coefficient (Wildman–Crippen LogP) is 2.52. The average molecular weight is 313 g/mol. The molecule has 1 aliphatic heterocycles. The van der Waals surface area contributed by atoms with Crippen molar-refractivity contribution >= 4 is 6.09 Å². The zero-order chi connectivity index (χ0) is 16.7. The smallest absolute Gasteiger partial charge is 0.410 e. The van der Waals surface area contributed by atoms with Crippen LogP contribution in [0.5, 0.6) is 0 Å². The zero-order valence-electron chi connectivity index (χ0n) is 15.3. The second kappa shape index (κ2) is 9.36. The molecule has 1 rings (SSSR count). The summed E-state index contributed by atoms with van der Waals surface area (Å²) in [4.78, 5) is 18.7. The second-order valence-electron chi connectivity index (χ2n) is 7.24. The van der Waals surface area contributed by atoms with Crippen molar-refractivity contribution in [2.75, 3.05) is 45.8 Å². The van der Waals surface area contributed by atoms with Gasteiger partial charge in [-0.3, -0.25) is 9.80 Å². The lowest BCUT2D eigenvalue weighted by Gasteiger charge is -2.36. The fourth-order valence-corrected chi connectivity index (χ4v) is 2.73. The molecule has 0 aliphatic carbocycles. The summed E-state index contributed by atoms with van der Waals surface area (Å²) in [7, 11) is 0. The lowest BCUT2D eigenvalue weighted by molar-refractivity contribution is 0.0540. The first-order chi connectivity index (χ1) is 10.3. The van der Waals surface area contributed by atoms with Gasteiger partial charge in [0.2, 0.25) is 0 Å². The first-order valence-corrected chi connectivity index (χ1v) is 8.71. The SMILES string of the molecule is CC(C)CN(CCN1CCN(C(=O)OC(C)C)CC1)C(C)C. The molecule has 1 fully saturated rings. The topological polar surface area (TPSA) is 36.0 Å². The highest BCUT2D eigenvalue weighted by Gasteiger charge is 2.23. The molecule has 0 saturated carbocycles. The first-order valence-electron chi connectivity index (χ1n) is 8.71. The highest BCUT2D eigenvalue weighted by atomic mass is 16.6. The van der Waals surface area contributed by atoms with Crippen molar-refractivity contribution in [2.24, 2.45) is 5.92 Å². The summed E-state index contributed by atoms with van der Waals surface area (Å²) in [6.07, 6.45) is -0.209. The summed E-state index contributed by atoms with van der Waals surface area (Å²) in [5.74, 6) is 0.699. The van der Waals surface area contributed by atoms with E-state index in [4.69, 9.17) is 4.74 Å². The van der Waals surface area contributed by atoms with Gasteiger partial charge in [0, 0.05) is 51.9 Å². The monoisotopic (exact) mass is 313 g/mol. The predicted molar refractivity (Wildman–Crippen MR) is 91.2 cm³/mol. The molecule has 0 aromatic rings. The Hall–Kier alpha value is -0.810. The summed E-state index contributed by atoms with van der Waals surface area (Å²) in [6.45, 7) is 19.6. The first kappa shape index (κ1) is 19.2. The summed E-state index contributed by atoms with van der Waals surface area (Å²) in [6, 6.07) is 0.588. The second-order valence-corrected chi connectivity index (χ2v) is 7.24. The number of piperazine rings is 1. The van der Waals surface area contributed by atoms with E-state index in [9.17, 15) is 4.79 Å². The van der Waals surface area contributed by atoms with E-state index in [0.29, 0.717) is 12.0 Å². The van der Waals surface area contributed by atoms with Crippen LogP contribution in [0.1, 0.15) is 41.5 Å². The number of hydrogen-bond donors (Lipinski definition) is 0. The fraction of sp³-hybridized carbons (Fsp3) is 0.941. The van der Waals surface area contributed by atoms with Crippen molar-refractivity contribution in [3.63, 3.8) is 0 Å². The minimum absolute atomic E-state index is 0.0406. The molecule has 5 nitrogen and oxygen atoms in total. The number of ether oxygens (including phenoxy) is 1. The largest absolute Gasteiger partial charge is 0.447 e. The summed E-state index contributed by atoms with van der Waals surface area (Å²) in [5.41, 5.74) is 0. The molecule has 5 heteroatoms. The molecule has 1 heterocycles. The van der Waals surface area contributed by atoms with Crippen molar-refractivity contribution in [2.45, 2.75) is 53.7 Å². The Morgan fingerprint density at radius 2 is 1.64 bits per heavy atom. The van der Waals surface area contributed by atoms with Gasteiger partial charge in [0.1, 0.15) is 0 Å². The Bertz CT molecular complexity index is 324. The van der Waals surface area contributed by atoms with E-state index >= 15 is 0 Å². The van der Waals surface area contributed by atoms with Crippen LogP contribution in [0, 0.1) is 5.92 Å². The molecule has 0 aromatic heterocycles. The van der Waals surface area contributed by atoms with Crippen LogP contribution in [0.15, 0.2) is 0 Å². The van der Waals surface area contributed by atoms with Crippen molar-refractivity contribution in [3.05, 3.63) is 0 Å². The molecule has 0 atom stereocenters. The van der Waals surface area contributed by atoms with Crippen molar-refractivity contribution in [3.8, 4) is 0 Å². The molecule has 1 aliphatic rings. The number of carbonyl (C=O) groups excluding carboxylic acids is 1. The Morgan fingerprint density at radius 3 is 2.09 bits per heavy atom. The van der Waals surface area contributed by atoms with Gasteiger partial charge in [0.05, 0.1) is 6.10 Å². The van der Waals surface area contributed by atoms with Gasteiger partial charge in [-0.05, 0) is 33.6 Å². The molecule has 0 unspecified atom stereocenters. The van der Waals surface area contributed by atoms with Crippen molar-refractivity contribution in [1.29, 1.82) is 0 Å². The molecule has 0 bridgehead atoms. The molecule has 1 saturated heterocycles. The van der Waals surface area contributed by atoms with Crippen LogP contribution < -0.4 is 0 Å². The normalized spacial score (nSPS) is 17.1. The lowest BCUT2D eigenvalue weighted by atomic mass is 10.2. The highest BCUT2D eigenvalue weighted by molar-refractivity contribution is 5.67. The van der Waals surface area contributed by atoms with Gasteiger partial charge in [0.15, 0.2) is 0 Å². The Labute approximate surface area is 136 Å². The third-order valence-corrected chi connectivity index (χ3v) is 4.00. The molecule has 0 aromatic carbocycles. The Balaban J connectivity index is 2.31. The molecular formula is C17H35N3O2. The summed E-state index contributed by atoms with van der Waals surface area (Å²) >= 11 is 0. The molecule has 0 spiro atoms. The summed E-state index contributed by atoms with van der Waals surface area (Å²) < 4.78 is 5.26. The van der Waals surface area contributed by atoms with Crippen LogP contribution in [0.25, 0.3) is 0 Å². The number of amides is 1. The standard InChI is InChI=1S/C17H35N3O2/c1-14(2)13-20(15(3)4)12-9-18-7-10-19(11-8-18)17(21)22-16(5)6/h14-16H,7-13H2,1-6H3. The molecule has 130 valence electrons. The summed E-state index contributed by atoms with van der Waals surface area (Å²) in [5, 5.41) is 0. The van der Waals surface area contributed by atoms with Gasteiger partial charge in [-0.2, -0.15) is 0 Å². The van der Waals surface area contributed by atoms with E-state index in [2.05, 4.69) is 37.5 Å². The van der Waals surface area contributed by atoms with Crippen molar-refractivity contribution in [1.82, 2.24) is 14.7 Å². The van der Waals surface area contributed by atoms with Crippen LogP contribution in [-0.4, -0.2) is 78.8 Å². The Morgan fingerprint density at radius 1 is 1.05 bits per heavy atom. The maximum Gasteiger partial charge on any atom is 0.410 e. The maximum atomic E-state index is 11.9. The van der Waals surface area contributed by atoms with Crippen LogP contribution in [-0.2, 0) is 4.74 Å². The van der Waals surface area contributed by atoms with Crippen LogP contribution in [0.2, 0.25) is 0 Å². The van der Waals surface area contributed by atoms with Gasteiger partial charge < -0.3 is 9.64 Å². The third-order valence-electron chi connectivity index (χ3n) is 4.00. The Kier molecular flexibility index (Phi) is 8.18. The van der Waals surface area contributed by atoms with Gasteiger partial charge in [-0.1, -0.05) is 13.8 Å². The van der Waals surface area contributed by atoms with Crippen molar-refractivity contribution < 1.29 is 9.53 Å². The van der Waals surface area contributed by atoms with Crippen LogP contribution in [0.3, 0.4) is 0 Å². The van der Waals surface area contributed by atoms with Gasteiger partial charge in [-0.25, -0.2) is 4.79 Å². The molecule has 1 amide bonds. The van der Waals surface area contributed by atoms with Crippen LogP contribution >= 0.6 is 0 Å². The molecule has 0 N–H and O–H groups in total. The lowest BCUT2D eigenvalue weighted by Crippen LogP contribution is -2.51. The van der Waals surface area contributed by atoms with Gasteiger partial charge in [-0.15, -0.1) is 0 Å². The molecule has 0 radical (unpaired) electrons. The van der Waals surface area contributed by atoms with E-state index < -0.39 is 0 Å². The van der Waals surface area contributed by atoms with E-state index in [1.165, 1.54) is 0 Å². The van der Waals surface area contributed by atoms with Gasteiger partial charge in [0.25, 0.3) is 0 Å². The van der Waals surface area contributed by atoms with Crippen LogP contribution in [0.4, 0.5) is 4.79 Å². The third kappa shape index (κ3) is 6.97. The quantitative estimate of drug-likeness (QED) is 0.723. The number of hydrogen-bond acceptors (Lipinski definition) is 4. The number of carbonyl (C=O) groups is 1. The fourth-order valence-electron chi connectivity index (χ4n) is 2.73. The highest BCUT2D eigenvalue weighted by Crippen LogP contribution is 2.08. The van der Waals surface area contributed by atoms with E-state index in [0.717, 1.165) is 45.8 Å². The minimum Gasteiger partial charge on any atom is -0.447 e. The van der Waals surface area contributed by atoms with E-state index in [-0.39, 0.29) is 12.2 Å². The zero-order valence-corrected chi connectivity index (χ0v) is 15.3. The van der Waals surface area contributed by atoms with E-state index in [1.807, 2.05) is 18.7 Å². The average Bonchev–Trinajstić information content (AvgIpc) is 2.42. The number of nitrogens with zero attached hydrogens (tertiary/aromatic N) is 3. The maximum absolute atomic E-state index is 11.9. The van der Waals surface area contributed by atoms with E-state index in [1.54, 1.807) is 0 Å². The van der Waals surface area contributed by atoms with Gasteiger partial charge >= 0.3 is 6.09 Å². The molecule has 22 heavy (non-hydrogen) atoms. The molecular weight excluding hydrogens is 278 g/mol. The number of rotatable bonds is 7.